The van der Waals surface area contributed by atoms with Gasteiger partial charge < -0.3 is 26.2 Å². The number of alkyl halides is 6. The number of nitrogens with one attached hydrogen (secondary N) is 1. The molecule has 17 heteroatoms. The third kappa shape index (κ3) is 10.9. The van der Waals surface area contributed by atoms with E-state index in [0.717, 1.165) is 30.6 Å². The van der Waals surface area contributed by atoms with Crippen LogP contribution in [0.4, 0.5) is 32.2 Å². The Kier molecular flexibility index (Phi) is 12.7. The zero-order valence-corrected chi connectivity index (χ0v) is 24.2. The summed E-state index contributed by atoms with van der Waals surface area (Å²) in [5.74, 6) is -4.71. The second-order valence-corrected chi connectivity index (χ2v) is 10.3. The zero-order chi connectivity index (χ0) is 34.1. The molecule has 2 aromatic rings. The molecule has 2 aliphatic heterocycles. The molecule has 3 atom stereocenters. The van der Waals surface area contributed by atoms with Crippen LogP contribution in [0, 0.1) is 6.92 Å². The number of aryl methyl sites for hydroxylation is 1. The number of amides is 2. The molecule has 2 amide bonds. The van der Waals surface area contributed by atoms with Crippen LogP contribution in [0.3, 0.4) is 0 Å². The van der Waals surface area contributed by atoms with Gasteiger partial charge in [0.2, 0.25) is 11.8 Å². The largest absolute Gasteiger partial charge is 0.490 e. The topological polar surface area (TPSA) is 166 Å². The molecular weight excluding hydrogens is 616 g/mol. The molecule has 4 rings (SSSR count). The number of halogens is 6. The molecule has 248 valence electrons. The first kappa shape index (κ1) is 36.8. The molecule has 11 nitrogen and oxygen atoms in total. The second kappa shape index (κ2) is 15.5. The van der Waals surface area contributed by atoms with E-state index >= 15 is 0 Å². The first-order valence-electron chi connectivity index (χ1n) is 13.5. The van der Waals surface area contributed by atoms with Crippen LogP contribution >= 0.6 is 0 Å². The van der Waals surface area contributed by atoms with Crippen molar-refractivity contribution in [1.82, 2.24) is 20.1 Å². The van der Waals surface area contributed by atoms with E-state index in [9.17, 15) is 35.9 Å². The van der Waals surface area contributed by atoms with E-state index < -0.39 is 24.3 Å². The van der Waals surface area contributed by atoms with E-state index in [1.165, 1.54) is 5.56 Å². The zero-order valence-electron chi connectivity index (χ0n) is 24.2. The Balaban J connectivity index is 0.000000421. The van der Waals surface area contributed by atoms with Gasteiger partial charge in [0.15, 0.2) is 0 Å². The summed E-state index contributed by atoms with van der Waals surface area (Å²) in [6.07, 6.45) is -7.63. The predicted octanol–water partition coefficient (Wildman–Crippen LogP) is 3.33. The van der Waals surface area contributed by atoms with Crippen LogP contribution < -0.4 is 11.1 Å². The Labute approximate surface area is 254 Å². The maximum Gasteiger partial charge on any atom is 0.490 e. The summed E-state index contributed by atoms with van der Waals surface area (Å²) in [5.41, 5.74) is 8.72. The summed E-state index contributed by atoms with van der Waals surface area (Å²) in [4.78, 5) is 52.0. The number of aromatic nitrogens is 1. The average Bonchev–Trinajstić information content (AvgIpc) is 2.92. The number of carboxylic acids is 2. The highest BCUT2D eigenvalue weighted by atomic mass is 19.4. The quantitative estimate of drug-likeness (QED) is 0.356. The van der Waals surface area contributed by atoms with Crippen molar-refractivity contribution in [1.29, 1.82) is 0 Å². The van der Waals surface area contributed by atoms with Crippen molar-refractivity contribution in [3.05, 3.63) is 59.3 Å². The number of piperidine rings is 1. The molecule has 45 heavy (non-hydrogen) atoms. The highest BCUT2D eigenvalue weighted by Gasteiger charge is 2.43. The van der Waals surface area contributed by atoms with Crippen LogP contribution in [-0.2, 0) is 25.7 Å². The van der Waals surface area contributed by atoms with Gasteiger partial charge in [-0.05, 0) is 62.9 Å². The van der Waals surface area contributed by atoms with Crippen molar-refractivity contribution in [2.45, 2.75) is 63.1 Å². The predicted molar refractivity (Wildman–Crippen MR) is 148 cm³/mol. The molecule has 0 radical (unpaired) electrons. The van der Waals surface area contributed by atoms with E-state index in [4.69, 9.17) is 25.5 Å². The van der Waals surface area contributed by atoms with Crippen LogP contribution in [0.2, 0.25) is 0 Å². The summed E-state index contributed by atoms with van der Waals surface area (Å²) in [5, 5.41) is 17.2. The molecule has 2 aliphatic rings. The smallest absolute Gasteiger partial charge is 0.475 e. The van der Waals surface area contributed by atoms with Gasteiger partial charge in [-0.15, -0.1) is 0 Å². The van der Waals surface area contributed by atoms with Gasteiger partial charge in [0.1, 0.15) is 11.9 Å². The number of carbonyl (C=O) groups is 4. The number of hydrogen-bond donors (Lipinski definition) is 4. The van der Waals surface area contributed by atoms with Crippen molar-refractivity contribution in [3.63, 3.8) is 0 Å². The third-order valence-electron chi connectivity index (χ3n) is 7.19. The number of carboxylic acid groups (broad SMARTS) is 2. The minimum atomic E-state index is -5.08. The van der Waals surface area contributed by atoms with Gasteiger partial charge in [-0.2, -0.15) is 26.3 Å². The minimum Gasteiger partial charge on any atom is -0.475 e. The van der Waals surface area contributed by atoms with Gasteiger partial charge >= 0.3 is 24.3 Å². The normalized spacial score (nSPS) is 19.9. The van der Waals surface area contributed by atoms with E-state index in [2.05, 4.69) is 39.5 Å². The van der Waals surface area contributed by atoms with Crippen LogP contribution in [0.25, 0.3) is 0 Å². The molecule has 1 aromatic heterocycles. The van der Waals surface area contributed by atoms with Crippen LogP contribution in [-0.4, -0.2) is 93.3 Å². The Bertz CT molecular complexity index is 1320. The lowest BCUT2D eigenvalue weighted by Crippen LogP contribution is -2.62. The van der Waals surface area contributed by atoms with E-state index in [1.807, 2.05) is 26.1 Å². The van der Waals surface area contributed by atoms with Crippen LogP contribution in [0.5, 0.6) is 0 Å². The molecule has 0 spiro atoms. The number of likely N-dealkylation sites (N-methyl/N-ethyl adjacent to an activating group) is 1. The SMILES string of the molecule is Cc1nc(N)ccc1CNC(=O)[C@@H]1CCN1C(=O)[C@H]1C[C@@H](c2ccccc2)CCN1C.O=C(O)C(F)(F)F.O=C(O)C(F)(F)F. The first-order chi connectivity index (χ1) is 20.8. The fraction of sp³-hybridized carbons (Fsp3) is 0.464. The number of nitrogens with two attached hydrogens (primary N) is 1. The number of nitrogen functional groups attached to an aromatic ring is 1. The number of hydrogen-bond acceptors (Lipinski definition) is 7. The minimum absolute atomic E-state index is 0.0693. The van der Waals surface area contributed by atoms with E-state index in [0.29, 0.717) is 31.2 Å². The van der Waals surface area contributed by atoms with Crippen molar-refractivity contribution < 1.29 is 55.7 Å². The first-order valence-corrected chi connectivity index (χ1v) is 13.5. The Morgan fingerprint density at radius 3 is 1.93 bits per heavy atom. The molecule has 2 fully saturated rings. The number of rotatable bonds is 5. The number of carbonyl (C=O) groups excluding carboxylic acids is 2. The maximum absolute atomic E-state index is 13.3. The van der Waals surface area contributed by atoms with Crippen molar-refractivity contribution >= 4 is 29.6 Å². The Hall–Kier alpha value is -4.41. The number of benzene rings is 1. The molecule has 5 N–H and O–H groups in total. The molecule has 2 saturated heterocycles. The molecule has 0 aliphatic carbocycles. The van der Waals surface area contributed by atoms with Gasteiger partial charge in [0.25, 0.3) is 0 Å². The number of likely N-dealkylation sites (tertiary alicyclic amines) is 2. The van der Waals surface area contributed by atoms with Gasteiger partial charge in [-0.3, -0.25) is 14.5 Å². The van der Waals surface area contributed by atoms with E-state index in [-0.39, 0.29) is 23.9 Å². The molecule has 1 aromatic carbocycles. The van der Waals surface area contributed by atoms with Crippen LogP contribution in [0.15, 0.2) is 42.5 Å². The lowest BCUT2D eigenvalue weighted by molar-refractivity contribution is -0.193. The molecular formula is C28H33F6N5O6. The summed E-state index contributed by atoms with van der Waals surface area (Å²) in [6.45, 7) is 3.78. The lowest BCUT2D eigenvalue weighted by Gasteiger charge is -2.45. The van der Waals surface area contributed by atoms with E-state index in [1.54, 1.807) is 11.0 Å². The standard InChI is InChI=1S/C24H31N5O2.2C2HF3O2/c1-16-19(8-9-22(25)27-16)15-26-23(30)20-11-13-29(20)24(31)21-14-18(10-12-28(21)2)17-6-4-3-5-7-17;2*3-2(4,5)1(6)7/h3-9,18,20-21H,10-15H2,1-2H3,(H2,25,27)(H,26,30);2*(H,6,7)/t18-,20-,21+;;/m0../s1. The average molecular weight is 650 g/mol. The monoisotopic (exact) mass is 649 g/mol. The fourth-order valence-electron chi connectivity index (χ4n) is 4.61. The lowest BCUT2D eigenvalue weighted by atomic mass is 9.84. The molecule has 0 bridgehead atoms. The highest BCUT2D eigenvalue weighted by molar-refractivity contribution is 5.91. The number of anilines is 1. The number of pyridine rings is 1. The molecule has 3 heterocycles. The van der Waals surface area contributed by atoms with Crippen LogP contribution in [0.1, 0.15) is 42.0 Å². The third-order valence-corrected chi connectivity index (χ3v) is 7.19. The van der Waals surface area contributed by atoms with Gasteiger partial charge in [0.05, 0.1) is 6.04 Å². The van der Waals surface area contributed by atoms with Gasteiger partial charge in [-0.25, -0.2) is 14.6 Å². The van der Waals surface area contributed by atoms with Crippen molar-refractivity contribution in [2.24, 2.45) is 0 Å². The summed E-state index contributed by atoms with van der Waals surface area (Å²) in [7, 11) is 2.01. The number of aliphatic carboxylic acids is 2. The van der Waals surface area contributed by atoms with Gasteiger partial charge in [0, 0.05) is 18.8 Å². The molecule has 0 saturated carbocycles. The fourth-order valence-corrected chi connectivity index (χ4v) is 4.61. The summed E-state index contributed by atoms with van der Waals surface area (Å²) < 4.78 is 63.5. The van der Waals surface area contributed by atoms with Crippen molar-refractivity contribution in [2.75, 3.05) is 25.9 Å². The summed E-state index contributed by atoms with van der Waals surface area (Å²) in [6, 6.07) is 13.5. The maximum atomic E-state index is 13.3. The second-order valence-electron chi connectivity index (χ2n) is 10.3. The molecule has 0 unspecified atom stereocenters. The Morgan fingerprint density at radius 1 is 0.911 bits per heavy atom. The highest BCUT2D eigenvalue weighted by Crippen LogP contribution is 2.33. The Morgan fingerprint density at radius 2 is 1.47 bits per heavy atom. The summed E-state index contributed by atoms with van der Waals surface area (Å²) >= 11 is 0. The van der Waals surface area contributed by atoms with Gasteiger partial charge in [-0.1, -0.05) is 36.4 Å². The van der Waals surface area contributed by atoms with Crippen molar-refractivity contribution in [3.8, 4) is 0 Å². The number of nitrogens with zero attached hydrogens (tertiary/aromatic N) is 3.